The number of Topliss-reactive ketones (excluding diaryl/α,β-unsaturated/α-hetero) is 1. The summed E-state index contributed by atoms with van der Waals surface area (Å²) in [5, 5.41) is 9.32. The first-order chi connectivity index (χ1) is 11.1. The summed E-state index contributed by atoms with van der Waals surface area (Å²) in [4.78, 5) is 12.4. The van der Waals surface area contributed by atoms with E-state index in [1.807, 2.05) is 18.2 Å². The molecule has 0 spiro atoms. The van der Waals surface area contributed by atoms with Gasteiger partial charge in [0.2, 0.25) is 5.78 Å². The predicted octanol–water partition coefficient (Wildman–Crippen LogP) is 4.10. The van der Waals surface area contributed by atoms with Crippen molar-refractivity contribution >= 4 is 34.5 Å². The van der Waals surface area contributed by atoms with Gasteiger partial charge in [0, 0.05) is 5.56 Å². The second-order valence-electron chi connectivity index (χ2n) is 4.60. The van der Waals surface area contributed by atoms with Crippen molar-refractivity contribution < 1.29 is 14.3 Å². The number of allylic oxidation sites excluding steroid dienone is 1. The highest BCUT2D eigenvalue weighted by Gasteiger charge is 2.14. The lowest BCUT2D eigenvalue weighted by atomic mass is 10.0. The van der Waals surface area contributed by atoms with Crippen molar-refractivity contribution in [3.63, 3.8) is 0 Å². The van der Waals surface area contributed by atoms with Gasteiger partial charge in [0.1, 0.15) is 11.6 Å². The maximum Gasteiger partial charge on any atom is 0.203 e. The molecule has 5 heteroatoms. The van der Waals surface area contributed by atoms with Crippen LogP contribution in [0.15, 0.2) is 48.0 Å². The van der Waals surface area contributed by atoms with Crippen LogP contribution in [0.1, 0.15) is 15.9 Å². The molecule has 0 saturated heterocycles. The third-order valence-electron chi connectivity index (χ3n) is 3.17. The number of nitrogens with zero attached hydrogens (tertiary/aromatic N) is 1. The Morgan fingerprint density at radius 1 is 1.17 bits per heavy atom. The molecular weight excluding hydrogens is 405 g/mol. The molecule has 0 saturated carbocycles. The van der Waals surface area contributed by atoms with E-state index in [1.54, 1.807) is 50.6 Å². The quantitative estimate of drug-likeness (QED) is 0.317. The highest BCUT2D eigenvalue weighted by Crippen LogP contribution is 2.34. The number of ether oxygens (including phenoxy) is 2. The fourth-order valence-electron chi connectivity index (χ4n) is 2.08. The van der Waals surface area contributed by atoms with Crippen LogP contribution in [-0.4, -0.2) is 20.0 Å². The van der Waals surface area contributed by atoms with Gasteiger partial charge in [0.05, 0.1) is 17.8 Å². The van der Waals surface area contributed by atoms with Crippen LogP contribution in [0.5, 0.6) is 11.5 Å². The number of nitriles is 1. The molecular formula is C18H14INO3. The van der Waals surface area contributed by atoms with Crippen molar-refractivity contribution in [2.75, 3.05) is 14.2 Å². The van der Waals surface area contributed by atoms with Crippen molar-refractivity contribution in [1.29, 1.82) is 5.26 Å². The lowest BCUT2D eigenvalue weighted by molar-refractivity contribution is 0.104. The van der Waals surface area contributed by atoms with E-state index in [9.17, 15) is 10.1 Å². The van der Waals surface area contributed by atoms with E-state index in [4.69, 9.17) is 9.47 Å². The van der Waals surface area contributed by atoms with Gasteiger partial charge in [-0.15, -0.1) is 0 Å². The predicted molar refractivity (Wildman–Crippen MR) is 96.6 cm³/mol. The van der Waals surface area contributed by atoms with Crippen LogP contribution in [0.4, 0.5) is 0 Å². The second-order valence-corrected chi connectivity index (χ2v) is 5.77. The molecule has 2 aromatic rings. The number of rotatable bonds is 5. The SMILES string of the molecule is COc1cc(/C=C(\C#N)C(=O)c2ccccc2)cc(I)c1OC. The van der Waals surface area contributed by atoms with Crippen molar-refractivity contribution in [3.8, 4) is 17.6 Å². The maximum atomic E-state index is 12.4. The molecule has 0 aliphatic carbocycles. The van der Waals surface area contributed by atoms with E-state index in [0.717, 1.165) is 3.57 Å². The number of hydrogen-bond acceptors (Lipinski definition) is 4. The zero-order valence-corrected chi connectivity index (χ0v) is 14.8. The lowest BCUT2D eigenvalue weighted by Gasteiger charge is -2.10. The number of hydrogen-bond donors (Lipinski definition) is 0. The molecule has 0 aliphatic rings. The number of methoxy groups -OCH3 is 2. The van der Waals surface area contributed by atoms with E-state index in [0.29, 0.717) is 22.6 Å². The minimum absolute atomic E-state index is 0.0687. The molecule has 0 aromatic heterocycles. The molecule has 0 N–H and O–H groups in total. The van der Waals surface area contributed by atoms with Gasteiger partial charge in [0.25, 0.3) is 0 Å². The molecule has 0 radical (unpaired) electrons. The molecule has 0 atom stereocenters. The monoisotopic (exact) mass is 419 g/mol. The van der Waals surface area contributed by atoms with Crippen LogP contribution >= 0.6 is 22.6 Å². The summed E-state index contributed by atoms with van der Waals surface area (Å²) in [5.74, 6) is 0.867. The van der Waals surface area contributed by atoms with Gasteiger partial charge in [-0.25, -0.2) is 0 Å². The Morgan fingerprint density at radius 2 is 1.87 bits per heavy atom. The summed E-state index contributed by atoms with van der Waals surface area (Å²) < 4.78 is 11.4. The fraction of sp³-hybridized carbons (Fsp3) is 0.111. The van der Waals surface area contributed by atoms with Crippen LogP contribution in [0.2, 0.25) is 0 Å². The molecule has 0 bridgehead atoms. The summed E-state index contributed by atoms with van der Waals surface area (Å²) in [6, 6.07) is 14.3. The average molecular weight is 419 g/mol. The molecule has 2 aromatic carbocycles. The minimum atomic E-state index is -0.308. The first kappa shape index (κ1) is 17.0. The fourth-order valence-corrected chi connectivity index (χ4v) is 2.93. The molecule has 0 amide bonds. The molecule has 0 unspecified atom stereocenters. The Morgan fingerprint density at radius 3 is 2.43 bits per heavy atom. The first-order valence-electron chi connectivity index (χ1n) is 6.73. The highest BCUT2D eigenvalue weighted by molar-refractivity contribution is 14.1. The van der Waals surface area contributed by atoms with Crippen molar-refractivity contribution in [2.45, 2.75) is 0 Å². The van der Waals surface area contributed by atoms with E-state index >= 15 is 0 Å². The zero-order valence-electron chi connectivity index (χ0n) is 12.7. The summed E-state index contributed by atoms with van der Waals surface area (Å²) >= 11 is 2.12. The molecule has 2 rings (SSSR count). The summed E-state index contributed by atoms with van der Waals surface area (Å²) in [5.41, 5.74) is 1.25. The summed E-state index contributed by atoms with van der Waals surface area (Å²) in [6.45, 7) is 0. The topological polar surface area (TPSA) is 59.3 Å². The second kappa shape index (κ2) is 7.79. The Kier molecular flexibility index (Phi) is 5.77. The van der Waals surface area contributed by atoms with E-state index in [2.05, 4.69) is 22.6 Å². The smallest absolute Gasteiger partial charge is 0.203 e. The summed E-state index contributed by atoms with van der Waals surface area (Å²) in [7, 11) is 3.11. The van der Waals surface area contributed by atoms with Gasteiger partial charge in [-0.05, 0) is 46.4 Å². The number of carbonyl (C=O) groups is 1. The Hall–Kier alpha value is -2.33. The maximum absolute atomic E-state index is 12.4. The molecule has 116 valence electrons. The number of halogens is 1. The van der Waals surface area contributed by atoms with Crippen LogP contribution < -0.4 is 9.47 Å². The largest absolute Gasteiger partial charge is 0.493 e. The van der Waals surface area contributed by atoms with Crippen molar-refractivity contribution in [2.24, 2.45) is 0 Å². The van der Waals surface area contributed by atoms with Crippen LogP contribution in [0.3, 0.4) is 0 Å². The van der Waals surface area contributed by atoms with Gasteiger partial charge in [0.15, 0.2) is 11.5 Å². The van der Waals surface area contributed by atoms with Gasteiger partial charge < -0.3 is 9.47 Å². The first-order valence-corrected chi connectivity index (χ1v) is 7.81. The zero-order chi connectivity index (χ0) is 16.8. The minimum Gasteiger partial charge on any atom is -0.493 e. The van der Waals surface area contributed by atoms with Crippen LogP contribution in [0, 0.1) is 14.9 Å². The molecule has 23 heavy (non-hydrogen) atoms. The highest BCUT2D eigenvalue weighted by atomic mass is 127. The normalized spacial score (nSPS) is 10.8. The van der Waals surface area contributed by atoms with E-state index in [-0.39, 0.29) is 11.4 Å². The van der Waals surface area contributed by atoms with Gasteiger partial charge in [-0.1, -0.05) is 30.3 Å². The number of carbonyl (C=O) groups excluding carboxylic acids is 1. The summed E-state index contributed by atoms with van der Waals surface area (Å²) in [6.07, 6.45) is 1.56. The molecule has 0 aliphatic heterocycles. The Bertz CT molecular complexity index is 792. The van der Waals surface area contributed by atoms with Gasteiger partial charge in [-0.3, -0.25) is 4.79 Å². The van der Waals surface area contributed by atoms with E-state index in [1.165, 1.54) is 0 Å². The lowest BCUT2D eigenvalue weighted by Crippen LogP contribution is -2.01. The number of benzene rings is 2. The third kappa shape index (κ3) is 3.90. The Labute approximate surface area is 148 Å². The average Bonchev–Trinajstić information content (AvgIpc) is 2.59. The Balaban J connectivity index is 2.45. The third-order valence-corrected chi connectivity index (χ3v) is 3.97. The van der Waals surface area contributed by atoms with Gasteiger partial charge in [-0.2, -0.15) is 5.26 Å². The molecule has 0 fully saturated rings. The number of ketones is 1. The van der Waals surface area contributed by atoms with Crippen molar-refractivity contribution in [1.82, 2.24) is 0 Å². The van der Waals surface area contributed by atoms with E-state index < -0.39 is 0 Å². The van der Waals surface area contributed by atoms with Crippen molar-refractivity contribution in [3.05, 3.63) is 62.7 Å². The van der Waals surface area contributed by atoms with Crippen LogP contribution in [0.25, 0.3) is 6.08 Å². The molecule has 4 nitrogen and oxygen atoms in total. The standard InChI is InChI=1S/C18H14INO3/c1-22-16-10-12(9-15(19)18(16)23-2)8-14(11-20)17(21)13-6-4-3-5-7-13/h3-10H,1-2H3/b14-8+. The van der Waals surface area contributed by atoms with Gasteiger partial charge >= 0.3 is 0 Å². The molecule has 0 heterocycles. The van der Waals surface area contributed by atoms with Crippen LogP contribution in [-0.2, 0) is 0 Å².